The van der Waals surface area contributed by atoms with E-state index in [4.69, 9.17) is 5.11 Å². The van der Waals surface area contributed by atoms with Crippen LogP contribution in [0, 0.1) is 5.82 Å². The number of aliphatic hydroxyl groups is 1. The van der Waals surface area contributed by atoms with E-state index in [-0.39, 0.29) is 43.3 Å². The number of nitrogens with zero attached hydrogens (tertiary/aromatic N) is 3. The summed E-state index contributed by atoms with van der Waals surface area (Å²) in [6, 6.07) is 2.52. The quantitative estimate of drug-likeness (QED) is 0.395. The fraction of sp³-hybridized carbons (Fsp3) is 0.435. The van der Waals surface area contributed by atoms with Gasteiger partial charge in [-0.1, -0.05) is 0 Å². The largest absolute Gasteiger partial charge is 0.481 e. The number of hydrogen-bond acceptors (Lipinski definition) is 7. The van der Waals surface area contributed by atoms with Gasteiger partial charge in [-0.2, -0.15) is 0 Å². The maximum atomic E-state index is 15.1. The Labute approximate surface area is 202 Å². The Hall–Kier alpha value is -4.00. The fourth-order valence-electron chi connectivity index (χ4n) is 4.43. The molecule has 2 heterocycles. The molecule has 1 atom stereocenters. The van der Waals surface area contributed by atoms with Gasteiger partial charge in [-0.3, -0.25) is 14.4 Å². The zero-order valence-corrected chi connectivity index (χ0v) is 19.0. The summed E-state index contributed by atoms with van der Waals surface area (Å²) >= 11 is 0. The fourth-order valence-corrected chi connectivity index (χ4v) is 4.43. The molecule has 0 radical (unpaired) electrons. The highest BCUT2D eigenvalue weighted by atomic mass is 19.1. The monoisotopic (exact) mass is 505 g/mol. The van der Waals surface area contributed by atoms with Gasteiger partial charge in [0, 0.05) is 43.8 Å². The summed E-state index contributed by atoms with van der Waals surface area (Å²) in [7, 11) is 0. The lowest BCUT2D eigenvalue weighted by molar-refractivity contribution is -0.169. The Bertz CT molecular complexity index is 1330. The lowest BCUT2D eigenvalue weighted by atomic mass is 9.95. The molecule has 1 saturated carbocycles. The molecule has 13 heteroatoms. The van der Waals surface area contributed by atoms with E-state index in [0.717, 1.165) is 18.9 Å². The van der Waals surface area contributed by atoms with Crippen LogP contribution in [0.3, 0.4) is 0 Å². The maximum Gasteiger partial charge on any atom is 0.341 e. The third kappa shape index (κ3) is 4.73. The number of halogens is 1. The second-order valence-electron chi connectivity index (χ2n) is 9.09. The van der Waals surface area contributed by atoms with Crippen LogP contribution >= 0.6 is 0 Å². The van der Waals surface area contributed by atoms with Crippen molar-refractivity contribution < 1.29 is 44.0 Å². The van der Waals surface area contributed by atoms with E-state index >= 15 is 4.39 Å². The number of aliphatic carboxylic acids is 2. The molecule has 192 valence electrons. The molecule has 4 rings (SSSR count). The Balaban J connectivity index is 1.55. The SMILES string of the molecule is O=C(O)CC(O)(CC(=O)N1CCN(c2cc3c(cc2F)c(=O)c(C(=O)O)cn3C2CC2)CC1)C(=O)O. The van der Waals surface area contributed by atoms with E-state index in [9.17, 15) is 39.3 Å². The van der Waals surface area contributed by atoms with Crippen molar-refractivity contribution in [3.05, 3.63) is 39.9 Å². The van der Waals surface area contributed by atoms with E-state index in [0.29, 0.717) is 5.52 Å². The van der Waals surface area contributed by atoms with Crippen LogP contribution in [0.4, 0.5) is 10.1 Å². The van der Waals surface area contributed by atoms with Gasteiger partial charge in [-0.15, -0.1) is 0 Å². The van der Waals surface area contributed by atoms with Crippen LogP contribution in [0.1, 0.15) is 42.1 Å². The lowest BCUT2D eigenvalue weighted by Gasteiger charge is -2.37. The summed E-state index contributed by atoms with van der Waals surface area (Å²) in [5.41, 5.74) is -3.38. The Morgan fingerprint density at radius 2 is 1.64 bits per heavy atom. The van der Waals surface area contributed by atoms with Crippen molar-refractivity contribution in [1.29, 1.82) is 0 Å². The summed E-state index contributed by atoms with van der Waals surface area (Å²) in [5, 5.41) is 37.5. The van der Waals surface area contributed by atoms with Gasteiger partial charge in [0.05, 0.1) is 24.0 Å². The van der Waals surface area contributed by atoms with Crippen molar-refractivity contribution in [2.45, 2.75) is 37.3 Å². The van der Waals surface area contributed by atoms with Crippen molar-refractivity contribution in [2.24, 2.45) is 0 Å². The second kappa shape index (κ2) is 9.22. The second-order valence-corrected chi connectivity index (χ2v) is 9.09. The molecule has 1 aromatic carbocycles. The molecule has 12 nitrogen and oxygen atoms in total. The number of amides is 1. The first kappa shape index (κ1) is 25.1. The minimum Gasteiger partial charge on any atom is -0.481 e. The molecule has 1 aromatic heterocycles. The summed E-state index contributed by atoms with van der Waals surface area (Å²) in [5.74, 6) is -6.25. The topological polar surface area (TPSA) is 178 Å². The molecule has 2 fully saturated rings. The molecular formula is C23H24FN3O9. The van der Waals surface area contributed by atoms with Crippen molar-refractivity contribution >= 4 is 40.4 Å². The predicted octanol–water partition coefficient (Wildman–Crippen LogP) is 0.503. The number of benzene rings is 1. The standard InChI is InChI=1S/C23H24FN3O9/c24-15-7-13-16(27(12-1-2-12)11-14(20(13)31)21(32)33)8-17(15)25-3-5-26(6-4-25)18(28)9-23(36,22(34)35)10-19(29)30/h7-8,11-12,36H,1-6,9-10H2,(H,29,30)(H,32,33)(H,34,35). The molecule has 1 aliphatic heterocycles. The van der Waals surface area contributed by atoms with Crippen LogP contribution in [0.15, 0.2) is 23.1 Å². The van der Waals surface area contributed by atoms with Crippen molar-refractivity contribution in [2.75, 3.05) is 31.1 Å². The van der Waals surface area contributed by atoms with Crippen LogP contribution < -0.4 is 10.3 Å². The Morgan fingerprint density at radius 1 is 1.00 bits per heavy atom. The number of aromatic nitrogens is 1. The van der Waals surface area contributed by atoms with Crippen molar-refractivity contribution in [3.63, 3.8) is 0 Å². The number of carboxylic acids is 3. The van der Waals surface area contributed by atoms with Crippen molar-refractivity contribution in [3.8, 4) is 0 Å². The highest BCUT2D eigenvalue weighted by molar-refractivity contribution is 5.94. The number of fused-ring (bicyclic) bond motifs is 1. The average molecular weight is 505 g/mol. The van der Waals surface area contributed by atoms with Crippen LogP contribution in [-0.2, 0) is 14.4 Å². The van der Waals surface area contributed by atoms with Gasteiger partial charge < -0.3 is 34.8 Å². The number of anilines is 1. The Kier molecular flexibility index (Phi) is 6.43. The normalized spacial score (nSPS) is 17.6. The smallest absolute Gasteiger partial charge is 0.341 e. The highest BCUT2D eigenvalue weighted by Gasteiger charge is 2.42. The number of carboxylic acid groups (broad SMARTS) is 3. The molecular weight excluding hydrogens is 481 g/mol. The first-order valence-electron chi connectivity index (χ1n) is 11.2. The third-order valence-electron chi connectivity index (χ3n) is 6.53. The third-order valence-corrected chi connectivity index (χ3v) is 6.53. The predicted molar refractivity (Wildman–Crippen MR) is 122 cm³/mol. The summed E-state index contributed by atoms with van der Waals surface area (Å²) in [6.07, 6.45) is 0.828. The number of hydrogen-bond donors (Lipinski definition) is 4. The molecule has 0 bridgehead atoms. The first-order chi connectivity index (χ1) is 16.9. The van der Waals surface area contributed by atoms with Gasteiger partial charge in [0.2, 0.25) is 11.3 Å². The van der Waals surface area contributed by atoms with E-state index in [1.807, 2.05) is 0 Å². The molecule has 1 saturated heterocycles. The molecule has 1 unspecified atom stereocenters. The number of piperazine rings is 1. The molecule has 2 aromatic rings. The molecule has 0 spiro atoms. The number of pyridine rings is 1. The van der Waals surface area contributed by atoms with Crippen LogP contribution in [0.2, 0.25) is 0 Å². The summed E-state index contributed by atoms with van der Waals surface area (Å²) in [4.78, 5) is 61.8. The number of carbonyl (C=O) groups is 4. The summed E-state index contributed by atoms with van der Waals surface area (Å²) < 4.78 is 16.8. The van der Waals surface area contributed by atoms with Gasteiger partial charge in [-0.05, 0) is 25.0 Å². The minimum atomic E-state index is -2.74. The van der Waals surface area contributed by atoms with Crippen LogP contribution in [0.25, 0.3) is 10.9 Å². The number of rotatable bonds is 8. The van der Waals surface area contributed by atoms with Gasteiger partial charge in [0.15, 0.2) is 5.60 Å². The van der Waals surface area contributed by atoms with Gasteiger partial charge in [0.1, 0.15) is 11.4 Å². The van der Waals surface area contributed by atoms with E-state index in [2.05, 4.69) is 0 Å². The van der Waals surface area contributed by atoms with Gasteiger partial charge in [0.25, 0.3) is 0 Å². The van der Waals surface area contributed by atoms with E-state index < -0.39 is 59.1 Å². The molecule has 1 amide bonds. The molecule has 4 N–H and O–H groups in total. The van der Waals surface area contributed by atoms with Gasteiger partial charge >= 0.3 is 17.9 Å². The number of aromatic carboxylic acids is 1. The van der Waals surface area contributed by atoms with Crippen LogP contribution in [0.5, 0.6) is 0 Å². The maximum absolute atomic E-state index is 15.1. The zero-order chi connectivity index (χ0) is 26.4. The molecule has 1 aliphatic carbocycles. The van der Waals surface area contributed by atoms with E-state index in [1.54, 1.807) is 9.47 Å². The minimum absolute atomic E-state index is 0.0118. The summed E-state index contributed by atoms with van der Waals surface area (Å²) in [6.45, 7) is 0.428. The first-order valence-corrected chi connectivity index (χ1v) is 11.2. The van der Waals surface area contributed by atoms with E-state index in [1.165, 1.54) is 17.2 Å². The van der Waals surface area contributed by atoms with Gasteiger partial charge in [-0.25, -0.2) is 14.0 Å². The highest BCUT2D eigenvalue weighted by Crippen LogP contribution is 2.38. The molecule has 2 aliphatic rings. The van der Waals surface area contributed by atoms with Crippen LogP contribution in [-0.4, -0.2) is 85.5 Å². The zero-order valence-electron chi connectivity index (χ0n) is 19.0. The average Bonchev–Trinajstić information content (AvgIpc) is 3.64. The number of carbonyl (C=O) groups excluding carboxylic acids is 1. The van der Waals surface area contributed by atoms with Crippen molar-refractivity contribution in [1.82, 2.24) is 9.47 Å². The molecule has 36 heavy (non-hydrogen) atoms. The Morgan fingerprint density at radius 3 is 2.17 bits per heavy atom. The lowest BCUT2D eigenvalue weighted by Crippen LogP contribution is -2.52.